The molecule has 0 fully saturated rings. The molecule has 0 aromatic carbocycles. The lowest BCUT2D eigenvalue weighted by molar-refractivity contribution is 0.0593. The molecule has 6 nitrogen and oxygen atoms in total. The molecular formula is C11H17N3O3S. The highest BCUT2D eigenvalue weighted by Gasteiger charge is 2.08. The van der Waals surface area contributed by atoms with E-state index in [2.05, 4.69) is 20.0 Å². The van der Waals surface area contributed by atoms with Crippen molar-refractivity contribution in [2.45, 2.75) is 19.4 Å². The molecule has 0 radical (unpaired) electrons. The predicted molar refractivity (Wildman–Crippen MR) is 70.0 cm³/mol. The Morgan fingerprint density at radius 1 is 1.50 bits per heavy atom. The van der Waals surface area contributed by atoms with Crippen molar-refractivity contribution >= 4 is 22.6 Å². The molecule has 0 saturated carbocycles. The summed E-state index contributed by atoms with van der Waals surface area (Å²) in [6.45, 7) is 1.97. The van der Waals surface area contributed by atoms with E-state index in [9.17, 15) is 9.00 Å². The smallest absolute Gasteiger partial charge is 0.358 e. The third-order valence-corrected chi connectivity index (χ3v) is 3.09. The van der Waals surface area contributed by atoms with E-state index in [0.717, 1.165) is 6.42 Å². The zero-order chi connectivity index (χ0) is 13.5. The number of hydrogen-bond donors (Lipinski definition) is 1. The van der Waals surface area contributed by atoms with E-state index in [1.165, 1.54) is 19.5 Å². The fourth-order valence-electron chi connectivity index (χ4n) is 1.28. The quantitative estimate of drug-likeness (QED) is 0.772. The molecule has 0 bridgehead atoms. The van der Waals surface area contributed by atoms with Crippen molar-refractivity contribution in [3.8, 4) is 0 Å². The van der Waals surface area contributed by atoms with Crippen molar-refractivity contribution in [1.82, 2.24) is 9.97 Å². The average molecular weight is 271 g/mol. The molecule has 1 heterocycles. The zero-order valence-corrected chi connectivity index (χ0v) is 11.5. The Morgan fingerprint density at radius 2 is 2.22 bits per heavy atom. The molecule has 7 heteroatoms. The van der Waals surface area contributed by atoms with Crippen LogP contribution in [0, 0.1) is 0 Å². The van der Waals surface area contributed by atoms with Gasteiger partial charge in [-0.25, -0.2) is 14.8 Å². The number of carbonyl (C=O) groups is 1. The van der Waals surface area contributed by atoms with Crippen LogP contribution in [0.3, 0.4) is 0 Å². The van der Waals surface area contributed by atoms with E-state index in [1.54, 1.807) is 6.26 Å². The Kier molecular flexibility index (Phi) is 5.70. The molecule has 0 amide bonds. The van der Waals surface area contributed by atoms with E-state index >= 15 is 0 Å². The maximum absolute atomic E-state index is 11.1. The molecule has 1 N–H and O–H groups in total. The first kappa shape index (κ1) is 14.6. The van der Waals surface area contributed by atoms with Crippen LogP contribution in [0.1, 0.15) is 23.8 Å². The molecule has 0 spiro atoms. The van der Waals surface area contributed by atoms with Gasteiger partial charge in [0.15, 0.2) is 5.69 Å². The minimum absolute atomic E-state index is 0.146. The highest BCUT2D eigenvalue weighted by molar-refractivity contribution is 7.84. The van der Waals surface area contributed by atoms with Crippen LogP contribution in [-0.4, -0.2) is 45.3 Å². The monoisotopic (exact) mass is 271 g/mol. The minimum atomic E-state index is -0.792. The number of hydrogen-bond acceptors (Lipinski definition) is 6. The molecule has 100 valence electrons. The van der Waals surface area contributed by atoms with Crippen molar-refractivity contribution in [2.24, 2.45) is 0 Å². The molecule has 0 saturated heterocycles. The van der Waals surface area contributed by atoms with E-state index in [0.29, 0.717) is 11.6 Å². The largest absolute Gasteiger partial charge is 0.464 e. The Balaban J connectivity index is 2.53. The van der Waals surface area contributed by atoms with Gasteiger partial charge in [0.05, 0.1) is 19.5 Å². The summed E-state index contributed by atoms with van der Waals surface area (Å²) in [6, 6.07) is 0.146. The van der Waals surface area contributed by atoms with Crippen LogP contribution in [-0.2, 0) is 15.5 Å². The minimum Gasteiger partial charge on any atom is -0.464 e. The van der Waals surface area contributed by atoms with E-state index in [-0.39, 0.29) is 11.7 Å². The third-order valence-electron chi connectivity index (χ3n) is 2.28. The summed E-state index contributed by atoms with van der Waals surface area (Å²) in [5.41, 5.74) is 0.172. The number of nitrogens with zero attached hydrogens (tertiary/aromatic N) is 2. The van der Waals surface area contributed by atoms with E-state index in [1.807, 2.05) is 6.92 Å². The lowest BCUT2D eigenvalue weighted by Crippen LogP contribution is -2.19. The number of rotatable bonds is 6. The van der Waals surface area contributed by atoms with Gasteiger partial charge in [-0.1, -0.05) is 0 Å². The average Bonchev–Trinajstić information content (AvgIpc) is 2.36. The number of aromatic nitrogens is 2. The Bertz CT molecular complexity index is 422. The molecule has 0 aliphatic carbocycles. The SMILES string of the molecule is COC(=O)c1cnc(NC(C)CCS(C)=O)cn1. The number of anilines is 1. The summed E-state index contributed by atoms with van der Waals surface area (Å²) in [4.78, 5) is 19.1. The number of esters is 1. The second kappa shape index (κ2) is 7.05. The Morgan fingerprint density at radius 3 is 2.72 bits per heavy atom. The summed E-state index contributed by atoms with van der Waals surface area (Å²) in [5, 5.41) is 3.12. The van der Waals surface area contributed by atoms with Crippen molar-refractivity contribution in [2.75, 3.05) is 24.4 Å². The molecule has 2 unspecified atom stereocenters. The van der Waals surface area contributed by atoms with Crippen molar-refractivity contribution in [3.63, 3.8) is 0 Å². The van der Waals surface area contributed by atoms with Gasteiger partial charge < -0.3 is 10.1 Å². The molecule has 1 aromatic rings. The fourth-order valence-corrected chi connectivity index (χ4v) is 1.97. The number of carbonyl (C=O) groups excluding carboxylic acids is 1. The van der Waals surface area contributed by atoms with Gasteiger partial charge in [0, 0.05) is 28.9 Å². The lowest BCUT2D eigenvalue weighted by atomic mass is 10.2. The van der Waals surface area contributed by atoms with Crippen molar-refractivity contribution in [3.05, 3.63) is 18.1 Å². The van der Waals surface area contributed by atoms with E-state index in [4.69, 9.17) is 0 Å². The first-order valence-electron chi connectivity index (χ1n) is 5.50. The van der Waals surface area contributed by atoms with Crippen LogP contribution in [0.2, 0.25) is 0 Å². The molecular weight excluding hydrogens is 254 g/mol. The molecule has 2 atom stereocenters. The summed E-state index contributed by atoms with van der Waals surface area (Å²) in [6.07, 6.45) is 5.30. The predicted octanol–water partition coefficient (Wildman–Crippen LogP) is 0.832. The van der Waals surface area contributed by atoms with Gasteiger partial charge in [-0.2, -0.15) is 0 Å². The first-order chi connectivity index (χ1) is 8.52. The van der Waals surface area contributed by atoms with Crippen LogP contribution in [0.5, 0.6) is 0 Å². The summed E-state index contributed by atoms with van der Waals surface area (Å²) in [7, 11) is 0.502. The van der Waals surface area contributed by atoms with Crippen LogP contribution >= 0.6 is 0 Å². The molecule has 1 rings (SSSR count). The molecule has 0 aliphatic heterocycles. The van der Waals surface area contributed by atoms with Crippen molar-refractivity contribution < 1.29 is 13.7 Å². The van der Waals surface area contributed by atoms with Gasteiger partial charge in [0.1, 0.15) is 5.82 Å². The van der Waals surface area contributed by atoms with Gasteiger partial charge in [0.25, 0.3) is 0 Å². The van der Waals surface area contributed by atoms with Crippen LogP contribution in [0.4, 0.5) is 5.82 Å². The number of nitrogens with one attached hydrogen (secondary N) is 1. The van der Waals surface area contributed by atoms with Gasteiger partial charge in [-0.3, -0.25) is 4.21 Å². The zero-order valence-electron chi connectivity index (χ0n) is 10.7. The highest BCUT2D eigenvalue weighted by atomic mass is 32.2. The van der Waals surface area contributed by atoms with Crippen molar-refractivity contribution in [1.29, 1.82) is 0 Å². The Hall–Kier alpha value is -1.50. The van der Waals surface area contributed by atoms with Gasteiger partial charge >= 0.3 is 5.97 Å². The Labute approximate surface area is 109 Å². The topological polar surface area (TPSA) is 81.2 Å². The second-order valence-electron chi connectivity index (χ2n) is 3.89. The van der Waals surface area contributed by atoms with Crippen LogP contribution in [0.15, 0.2) is 12.4 Å². The summed E-state index contributed by atoms with van der Waals surface area (Å²) >= 11 is 0. The second-order valence-corrected chi connectivity index (χ2v) is 5.44. The molecule has 1 aromatic heterocycles. The van der Waals surface area contributed by atoms with E-state index < -0.39 is 16.8 Å². The van der Waals surface area contributed by atoms with Gasteiger partial charge in [0.2, 0.25) is 0 Å². The number of ether oxygens (including phenoxy) is 1. The molecule has 18 heavy (non-hydrogen) atoms. The van der Waals surface area contributed by atoms with Crippen LogP contribution < -0.4 is 5.32 Å². The van der Waals surface area contributed by atoms with Gasteiger partial charge in [-0.15, -0.1) is 0 Å². The lowest BCUT2D eigenvalue weighted by Gasteiger charge is -2.13. The maximum Gasteiger partial charge on any atom is 0.358 e. The van der Waals surface area contributed by atoms with Gasteiger partial charge in [-0.05, 0) is 13.3 Å². The third kappa shape index (κ3) is 4.79. The first-order valence-corrected chi connectivity index (χ1v) is 7.22. The number of methoxy groups -OCH3 is 1. The fraction of sp³-hybridized carbons (Fsp3) is 0.545. The normalized spacial score (nSPS) is 13.7. The summed E-state index contributed by atoms with van der Waals surface area (Å²) in [5.74, 6) is 0.711. The standard InChI is InChI=1S/C11H17N3O3S/c1-8(4-5-18(3)16)14-10-7-12-9(6-13-10)11(15)17-2/h6-8H,4-5H2,1-3H3,(H,13,14). The summed E-state index contributed by atoms with van der Waals surface area (Å²) < 4.78 is 15.5. The van der Waals surface area contributed by atoms with Crippen LogP contribution in [0.25, 0.3) is 0 Å². The molecule has 0 aliphatic rings. The highest BCUT2D eigenvalue weighted by Crippen LogP contribution is 2.06. The maximum atomic E-state index is 11.1.